The van der Waals surface area contributed by atoms with E-state index in [1.54, 1.807) is 0 Å². The largest absolute Gasteiger partial charge is 0.467 e. The Morgan fingerprint density at radius 1 is 1.26 bits per heavy atom. The van der Waals surface area contributed by atoms with E-state index < -0.39 is 17.7 Å². The highest BCUT2D eigenvalue weighted by atomic mass is 16.6. The van der Waals surface area contributed by atoms with Gasteiger partial charge in [-0.15, -0.1) is 0 Å². The van der Waals surface area contributed by atoms with E-state index in [0.717, 1.165) is 0 Å². The van der Waals surface area contributed by atoms with Crippen LogP contribution >= 0.6 is 0 Å². The summed E-state index contributed by atoms with van der Waals surface area (Å²) in [6.07, 6.45) is -0.425. The summed E-state index contributed by atoms with van der Waals surface area (Å²) in [6, 6.07) is -0.500. The van der Waals surface area contributed by atoms with Crippen molar-refractivity contribution in [3.8, 4) is 0 Å². The van der Waals surface area contributed by atoms with Gasteiger partial charge in [0.1, 0.15) is 11.6 Å². The number of likely N-dealkylation sites (tertiary alicyclic amines) is 1. The first-order valence-corrected chi connectivity index (χ1v) is 6.67. The number of carbonyl (C=O) groups excluding carboxylic acids is 2. The Morgan fingerprint density at radius 2 is 1.84 bits per heavy atom. The van der Waals surface area contributed by atoms with Crippen molar-refractivity contribution >= 4 is 12.1 Å². The zero-order chi connectivity index (χ0) is 14.6. The lowest BCUT2D eigenvalue weighted by Gasteiger charge is -2.31. The summed E-state index contributed by atoms with van der Waals surface area (Å²) in [5.41, 5.74) is -0.447. The number of fused-ring (bicyclic) bond motifs is 1. The quantitative estimate of drug-likeness (QED) is 0.684. The molecule has 3 atom stereocenters. The summed E-state index contributed by atoms with van der Waals surface area (Å²) in [4.78, 5) is 25.6. The standard InChI is InChI=1S/C14H23NO4/c1-13(2,3)19-12(17)15-7-8-9(14(8,4)5)10(15)11(16)18-6/h8-10H,7H2,1-6H3/t8-,9-,10+/m0/s1. The SMILES string of the molecule is COC(=O)[C@H]1[C@@H]2[C@H](CN1C(=O)OC(C)(C)C)C2(C)C. The molecule has 0 aromatic heterocycles. The number of hydrogen-bond donors (Lipinski definition) is 0. The molecule has 108 valence electrons. The van der Waals surface area contributed by atoms with E-state index in [9.17, 15) is 9.59 Å². The first-order chi connectivity index (χ1) is 8.59. The first-order valence-electron chi connectivity index (χ1n) is 6.67. The van der Waals surface area contributed by atoms with E-state index >= 15 is 0 Å². The molecule has 1 amide bonds. The highest BCUT2D eigenvalue weighted by molar-refractivity contribution is 5.83. The van der Waals surface area contributed by atoms with Gasteiger partial charge < -0.3 is 9.47 Å². The smallest absolute Gasteiger partial charge is 0.411 e. The van der Waals surface area contributed by atoms with Gasteiger partial charge in [0.15, 0.2) is 0 Å². The van der Waals surface area contributed by atoms with E-state index in [2.05, 4.69) is 13.8 Å². The number of methoxy groups -OCH3 is 1. The van der Waals surface area contributed by atoms with E-state index in [0.29, 0.717) is 12.5 Å². The minimum atomic E-state index is -0.556. The normalized spacial score (nSPS) is 31.7. The van der Waals surface area contributed by atoms with Crippen LogP contribution in [0.3, 0.4) is 0 Å². The molecule has 0 spiro atoms. The molecule has 1 aliphatic heterocycles. The number of piperidine rings is 1. The third-order valence-electron chi connectivity index (χ3n) is 4.28. The van der Waals surface area contributed by atoms with Gasteiger partial charge in [-0.2, -0.15) is 0 Å². The van der Waals surface area contributed by atoms with Gasteiger partial charge >= 0.3 is 12.1 Å². The zero-order valence-corrected chi connectivity index (χ0v) is 12.5. The summed E-state index contributed by atoms with van der Waals surface area (Å²) in [6.45, 7) is 10.3. The number of hydrogen-bond acceptors (Lipinski definition) is 4. The maximum atomic E-state index is 12.2. The molecule has 1 saturated carbocycles. The molecule has 0 aromatic carbocycles. The van der Waals surface area contributed by atoms with E-state index in [1.165, 1.54) is 12.0 Å². The first kappa shape index (κ1) is 14.2. The molecule has 1 saturated heterocycles. The number of rotatable bonds is 1. The van der Waals surface area contributed by atoms with Gasteiger partial charge in [-0.05, 0) is 32.1 Å². The third-order valence-corrected chi connectivity index (χ3v) is 4.28. The van der Waals surface area contributed by atoms with Crippen LogP contribution in [0.1, 0.15) is 34.6 Å². The van der Waals surface area contributed by atoms with Crippen molar-refractivity contribution in [2.45, 2.75) is 46.3 Å². The highest BCUT2D eigenvalue weighted by Gasteiger charge is 2.70. The molecule has 1 heterocycles. The molecule has 0 unspecified atom stereocenters. The minimum Gasteiger partial charge on any atom is -0.467 e. The van der Waals surface area contributed by atoms with E-state index in [4.69, 9.17) is 9.47 Å². The van der Waals surface area contributed by atoms with Crippen LogP contribution in [0.25, 0.3) is 0 Å². The maximum absolute atomic E-state index is 12.2. The number of nitrogens with zero attached hydrogens (tertiary/aromatic N) is 1. The van der Waals surface area contributed by atoms with Crippen LogP contribution in [-0.4, -0.2) is 42.3 Å². The Hall–Kier alpha value is -1.26. The van der Waals surface area contributed by atoms with Crippen molar-refractivity contribution in [2.75, 3.05) is 13.7 Å². The lowest BCUT2D eigenvalue weighted by atomic mass is 10.0. The Kier molecular flexibility index (Phi) is 3.07. The minimum absolute atomic E-state index is 0.109. The molecule has 19 heavy (non-hydrogen) atoms. The Morgan fingerprint density at radius 3 is 2.32 bits per heavy atom. The van der Waals surface area contributed by atoms with Crippen LogP contribution < -0.4 is 0 Å². The fourth-order valence-electron chi connectivity index (χ4n) is 3.18. The Bertz CT molecular complexity index is 410. The van der Waals surface area contributed by atoms with Crippen LogP contribution in [0, 0.1) is 17.3 Å². The number of ether oxygens (including phenoxy) is 2. The van der Waals surface area contributed by atoms with Gasteiger partial charge in [-0.1, -0.05) is 13.8 Å². The average molecular weight is 269 g/mol. The monoisotopic (exact) mass is 269 g/mol. The predicted molar refractivity (Wildman–Crippen MR) is 69.5 cm³/mol. The van der Waals surface area contributed by atoms with Gasteiger partial charge in [-0.3, -0.25) is 4.90 Å². The number of esters is 1. The van der Waals surface area contributed by atoms with Crippen LogP contribution in [-0.2, 0) is 14.3 Å². The van der Waals surface area contributed by atoms with Gasteiger partial charge in [0.25, 0.3) is 0 Å². The molecular formula is C14H23NO4. The lowest BCUT2D eigenvalue weighted by Crippen LogP contribution is -2.47. The van der Waals surface area contributed by atoms with Crippen molar-refractivity contribution in [2.24, 2.45) is 17.3 Å². The lowest BCUT2D eigenvalue weighted by molar-refractivity contribution is -0.147. The maximum Gasteiger partial charge on any atom is 0.411 e. The van der Waals surface area contributed by atoms with Crippen LogP contribution in [0.15, 0.2) is 0 Å². The highest BCUT2D eigenvalue weighted by Crippen LogP contribution is 2.65. The van der Waals surface area contributed by atoms with Crippen LogP contribution in [0.2, 0.25) is 0 Å². The van der Waals surface area contributed by atoms with Crippen molar-refractivity contribution in [3.63, 3.8) is 0 Å². The summed E-state index contributed by atoms with van der Waals surface area (Å²) < 4.78 is 10.2. The second-order valence-electron chi connectivity index (χ2n) is 7.05. The molecule has 0 aromatic rings. The van der Waals surface area contributed by atoms with Crippen molar-refractivity contribution in [3.05, 3.63) is 0 Å². The molecule has 2 fully saturated rings. The number of amides is 1. The van der Waals surface area contributed by atoms with Gasteiger partial charge in [0.2, 0.25) is 0 Å². The Balaban J connectivity index is 2.14. The topological polar surface area (TPSA) is 55.8 Å². The third kappa shape index (κ3) is 2.30. The molecule has 0 radical (unpaired) electrons. The number of carbonyl (C=O) groups is 2. The summed E-state index contributed by atoms with van der Waals surface area (Å²) in [5, 5.41) is 0. The van der Waals surface area contributed by atoms with Gasteiger partial charge in [-0.25, -0.2) is 9.59 Å². The second kappa shape index (κ2) is 4.12. The summed E-state index contributed by atoms with van der Waals surface area (Å²) >= 11 is 0. The Labute approximate surface area is 114 Å². The van der Waals surface area contributed by atoms with Crippen LogP contribution in [0.5, 0.6) is 0 Å². The molecule has 5 heteroatoms. The summed E-state index contributed by atoms with van der Waals surface area (Å²) in [7, 11) is 1.36. The predicted octanol–water partition coefficient (Wildman–Crippen LogP) is 2.05. The molecule has 0 bridgehead atoms. The molecular weight excluding hydrogens is 246 g/mol. The van der Waals surface area contributed by atoms with Crippen LogP contribution in [0.4, 0.5) is 4.79 Å². The molecule has 2 rings (SSSR count). The van der Waals surface area contributed by atoms with Crippen molar-refractivity contribution in [1.29, 1.82) is 0 Å². The van der Waals surface area contributed by atoms with Gasteiger partial charge in [0, 0.05) is 12.5 Å². The second-order valence-corrected chi connectivity index (χ2v) is 7.05. The van der Waals surface area contributed by atoms with Crippen molar-refractivity contribution in [1.82, 2.24) is 4.90 Å². The zero-order valence-electron chi connectivity index (χ0n) is 12.5. The van der Waals surface area contributed by atoms with Crippen molar-refractivity contribution < 1.29 is 19.1 Å². The molecule has 0 N–H and O–H groups in total. The van der Waals surface area contributed by atoms with E-state index in [-0.39, 0.29) is 17.3 Å². The molecule has 2 aliphatic rings. The van der Waals surface area contributed by atoms with Gasteiger partial charge in [0.05, 0.1) is 7.11 Å². The molecule has 5 nitrogen and oxygen atoms in total. The fourth-order valence-corrected chi connectivity index (χ4v) is 3.18. The van der Waals surface area contributed by atoms with E-state index in [1.807, 2.05) is 20.8 Å². The molecule has 1 aliphatic carbocycles. The average Bonchev–Trinajstić information content (AvgIpc) is 2.65. The fraction of sp³-hybridized carbons (Fsp3) is 0.857. The summed E-state index contributed by atoms with van der Waals surface area (Å²) in [5.74, 6) is 0.209.